The van der Waals surface area contributed by atoms with Gasteiger partial charge in [-0.15, -0.1) is 0 Å². The number of nitrogens with zero attached hydrogens (tertiary/aromatic N) is 2. The quantitative estimate of drug-likeness (QED) is 0.796. The van der Waals surface area contributed by atoms with Gasteiger partial charge in [0.15, 0.2) is 0 Å². The number of fused-ring (bicyclic) bond motifs is 1. The summed E-state index contributed by atoms with van der Waals surface area (Å²) in [7, 11) is -3.13. The Morgan fingerprint density at radius 3 is 2.84 bits per heavy atom. The average molecular weight is 282 g/mol. The van der Waals surface area contributed by atoms with Crippen LogP contribution in [0.5, 0.6) is 0 Å². The summed E-state index contributed by atoms with van der Waals surface area (Å²) in [4.78, 5) is 4.30. The Kier molecular flexibility index (Phi) is 3.77. The lowest BCUT2D eigenvalue weighted by atomic mass is 10.2. The highest BCUT2D eigenvalue weighted by molar-refractivity contribution is 7.88. The van der Waals surface area contributed by atoms with Crippen LogP contribution in [0.4, 0.5) is 5.95 Å². The predicted molar refractivity (Wildman–Crippen MR) is 76.3 cm³/mol. The van der Waals surface area contributed by atoms with Gasteiger partial charge in [0.05, 0.1) is 17.3 Å². The molecule has 0 atom stereocenters. The molecule has 0 aliphatic rings. The molecule has 7 heteroatoms. The second-order valence-corrected chi connectivity index (χ2v) is 6.47. The van der Waals surface area contributed by atoms with E-state index < -0.39 is 10.0 Å². The number of sulfonamides is 1. The molecule has 19 heavy (non-hydrogen) atoms. The molecular weight excluding hydrogens is 264 g/mol. The van der Waals surface area contributed by atoms with Gasteiger partial charge in [-0.3, -0.25) is 0 Å². The van der Waals surface area contributed by atoms with Gasteiger partial charge in [0.1, 0.15) is 0 Å². The number of aromatic nitrogens is 2. The van der Waals surface area contributed by atoms with Gasteiger partial charge in [-0.1, -0.05) is 6.07 Å². The molecule has 0 aliphatic heterocycles. The van der Waals surface area contributed by atoms with Gasteiger partial charge in [0.25, 0.3) is 0 Å². The fourth-order valence-electron chi connectivity index (χ4n) is 1.99. The van der Waals surface area contributed by atoms with Gasteiger partial charge in [0, 0.05) is 13.1 Å². The van der Waals surface area contributed by atoms with Crippen molar-refractivity contribution in [1.82, 2.24) is 14.3 Å². The maximum Gasteiger partial charge on any atom is 0.208 e. The maximum atomic E-state index is 11.0. The summed E-state index contributed by atoms with van der Waals surface area (Å²) in [6.45, 7) is 3.03. The molecule has 0 bridgehead atoms. The molecule has 3 N–H and O–H groups in total. The number of rotatable bonds is 5. The van der Waals surface area contributed by atoms with Gasteiger partial charge in [0.2, 0.25) is 16.0 Å². The number of hydrogen-bond donors (Lipinski definition) is 2. The molecule has 104 valence electrons. The molecule has 0 saturated carbocycles. The highest BCUT2D eigenvalue weighted by Crippen LogP contribution is 2.19. The monoisotopic (exact) mass is 282 g/mol. The van der Waals surface area contributed by atoms with Crippen molar-refractivity contribution in [2.45, 2.75) is 19.9 Å². The molecule has 0 saturated heterocycles. The van der Waals surface area contributed by atoms with E-state index in [0.29, 0.717) is 25.5 Å². The Hall–Kier alpha value is -1.60. The normalized spacial score (nSPS) is 12.1. The highest BCUT2D eigenvalue weighted by Gasteiger charge is 2.08. The lowest BCUT2D eigenvalue weighted by Crippen LogP contribution is -2.24. The van der Waals surface area contributed by atoms with E-state index in [1.807, 2.05) is 29.7 Å². The Labute approximate surface area is 112 Å². The number of nitrogens with one attached hydrogen (secondary N) is 1. The van der Waals surface area contributed by atoms with Crippen LogP contribution in [0.2, 0.25) is 0 Å². The third kappa shape index (κ3) is 3.45. The zero-order valence-electron chi connectivity index (χ0n) is 11.0. The van der Waals surface area contributed by atoms with Gasteiger partial charge in [-0.2, -0.15) is 0 Å². The summed E-state index contributed by atoms with van der Waals surface area (Å²) >= 11 is 0. The fourth-order valence-corrected chi connectivity index (χ4v) is 2.50. The van der Waals surface area contributed by atoms with Crippen molar-refractivity contribution < 1.29 is 8.42 Å². The van der Waals surface area contributed by atoms with Crippen LogP contribution in [0.3, 0.4) is 0 Å². The number of aryl methyl sites for hydroxylation is 2. The van der Waals surface area contributed by atoms with Gasteiger partial charge < -0.3 is 10.3 Å². The van der Waals surface area contributed by atoms with E-state index in [4.69, 9.17) is 5.73 Å². The third-order valence-electron chi connectivity index (χ3n) is 2.86. The van der Waals surface area contributed by atoms with Crippen LogP contribution in [0.25, 0.3) is 11.0 Å². The Balaban J connectivity index is 2.10. The van der Waals surface area contributed by atoms with E-state index in [9.17, 15) is 8.42 Å². The molecule has 2 rings (SSSR count). The van der Waals surface area contributed by atoms with E-state index in [-0.39, 0.29) is 0 Å². The standard InChI is InChI=1S/C12H18N4O2S/c1-9-4-5-11-10(8-9)15-12(13)16(11)7-3-6-14-19(2,17)18/h4-5,8,14H,3,6-7H2,1-2H3,(H2,13,15). The lowest BCUT2D eigenvalue weighted by Gasteiger charge is -2.06. The first-order valence-corrected chi connectivity index (χ1v) is 7.93. The molecule has 2 aromatic rings. The van der Waals surface area contributed by atoms with Crippen molar-refractivity contribution in [2.75, 3.05) is 18.5 Å². The van der Waals surface area contributed by atoms with E-state index in [0.717, 1.165) is 22.9 Å². The van der Waals surface area contributed by atoms with Crippen molar-refractivity contribution in [3.8, 4) is 0 Å². The molecule has 0 fully saturated rings. The summed E-state index contributed by atoms with van der Waals surface area (Å²) in [6, 6.07) is 5.98. The van der Waals surface area contributed by atoms with Crippen LogP contribution in [-0.2, 0) is 16.6 Å². The summed E-state index contributed by atoms with van der Waals surface area (Å²) in [5, 5.41) is 0. The van der Waals surface area contributed by atoms with Gasteiger partial charge in [-0.25, -0.2) is 18.1 Å². The molecule has 1 aromatic heterocycles. The first-order valence-electron chi connectivity index (χ1n) is 6.04. The summed E-state index contributed by atoms with van der Waals surface area (Å²) in [5.41, 5.74) is 8.86. The van der Waals surface area contributed by atoms with Crippen LogP contribution >= 0.6 is 0 Å². The van der Waals surface area contributed by atoms with E-state index in [1.54, 1.807) is 0 Å². The molecule has 1 heterocycles. The van der Waals surface area contributed by atoms with Crippen molar-refractivity contribution in [2.24, 2.45) is 0 Å². The zero-order valence-corrected chi connectivity index (χ0v) is 11.9. The van der Waals surface area contributed by atoms with E-state index in [2.05, 4.69) is 9.71 Å². The molecular formula is C12H18N4O2S. The second-order valence-electron chi connectivity index (χ2n) is 4.63. The summed E-state index contributed by atoms with van der Waals surface area (Å²) in [6.07, 6.45) is 1.81. The van der Waals surface area contributed by atoms with Crippen molar-refractivity contribution >= 4 is 27.0 Å². The molecule has 0 radical (unpaired) electrons. The van der Waals surface area contributed by atoms with Crippen LogP contribution in [0.15, 0.2) is 18.2 Å². The number of nitrogen functional groups attached to an aromatic ring is 1. The fraction of sp³-hybridized carbons (Fsp3) is 0.417. The molecule has 0 aliphatic carbocycles. The van der Waals surface area contributed by atoms with Gasteiger partial charge >= 0.3 is 0 Å². The molecule has 0 unspecified atom stereocenters. The Morgan fingerprint density at radius 2 is 2.16 bits per heavy atom. The lowest BCUT2D eigenvalue weighted by molar-refractivity contribution is 0.578. The molecule has 0 spiro atoms. The van der Waals surface area contributed by atoms with Crippen LogP contribution in [0, 0.1) is 6.92 Å². The average Bonchev–Trinajstić information content (AvgIpc) is 2.58. The summed E-state index contributed by atoms with van der Waals surface area (Å²) < 4.78 is 26.3. The smallest absolute Gasteiger partial charge is 0.208 e. The first-order chi connectivity index (χ1) is 8.87. The second kappa shape index (κ2) is 5.18. The number of anilines is 1. The van der Waals surface area contributed by atoms with Gasteiger partial charge in [-0.05, 0) is 31.0 Å². The number of benzene rings is 1. The minimum atomic E-state index is -3.13. The maximum absolute atomic E-state index is 11.0. The highest BCUT2D eigenvalue weighted by atomic mass is 32.2. The predicted octanol–water partition coefficient (Wildman–Crippen LogP) is 0.866. The van der Waals surface area contributed by atoms with Crippen molar-refractivity contribution in [3.63, 3.8) is 0 Å². The zero-order chi connectivity index (χ0) is 14.0. The first kappa shape index (κ1) is 13.8. The Morgan fingerprint density at radius 1 is 1.42 bits per heavy atom. The van der Waals surface area contributed by atoms with Crippen LogP contribution in [0.1, 0.15) is 12.0 Å². The molecule has 6 nitrogen and oxygen atoms in total. The largest absolute Gasteiger partial charge is 0.369 e. The van der Waals surface area contributed by atoms with E-state index >= 15 is 0 Å². The van der Waals surface area contributed by atoms with Crippen molar-refractivity contribution in [1.29, 1.82) is 0 Å². The van der Waals surface area contributed by atoms with E-state index in [1.165, 1.54) is 0 Å². The number of imidazole rings is 1. The topological polar surface area (TPSA) is 90.0 Å². The minimum Gasteiger partial charge on any atom is -0.369 e. The third-order valence-corrected chi connectivity index (χ3v) is 3.58. The molecule has 0 amide bonds. The van der Waals surface area contributed by atoms with Crippen LogP contribution < -0.4 is 10.5 Å². The number of nitrogens with two attached hydrogens (primary N) is 1. The molecule has 1 aromatic carbocycles. The number of hydrogen-bond acceptors (Lipinski definition) is 4. The summed E-state index contributed by atoms with van der Waals surface area (Å²) in [5.74, 6) is 0.458. The SMILES string of the molecule is Cc1ccc2c(c1)nc(N)n2CCCNS(C)(=O)=O. The van der Waals surface area contributed by atoms with Crippen molar-refractivity contribution in [3.05, 3.63) is 23.8 Å². The minimum absolute atomic E-state index is 0.393. The Bertz CT molecular complexity index is 691. The van der Waals surface area contributed by atoms with Crippen LogP contribution in [-0.4, -0.2) is 30.8 Å².